The van der Waals surface area contributed by atoms with Crippen molar-refractivity contribution in [3.05, 3.63) is 205 Å². The molecule has 0 aliphatic rings. The van der Waals surface area contributed by atoms with E-state index in [0.29, 0.717) is 18.2 Å². The number of fused-ring (bicyclic) bond motifs is 4. The van der Waals surface area contributed by atoms with Gasteiger partial charge in [0.1, 0.15) is 11.2 Å². The van der Waals surface area contributed by atoms with Gasteiger partial charge in [0.05, 0.1) is 6.54 Å². The molecule has 9 aromatic rings. The van der Waals surface area contributed by atoms with Crippen molar-refractivity contribution < 1.29 is 4.42 Å². The van der Waals surface area contributed by atoms with E-state index >= 15 is 0 Å². The molecule has 0 N–H and O–H groups in total. The van der Waals surface area contributed by atoms with Crippen molar-refractivity contribution in [3.63, 3.8) is 0 Å². The smallest absolute Gasteiger partial charge is 0.161 e. The quantitative estimate of drug-likeness (QED) is 0.121. The van der Waals surface area contributed by atoms with Gasteiger partial charge in [-0.2, -0.15) is 0 Å². The van der Waals surface area contributed by atoms with Crippen LogP contribution in [-0.4, -0.2) is 18.4 Å². The van der Waals surface area contributed by atoms with E-state index in [9.17, 15) is 0 Å². The molecule has 0 atom stereocenters. The molecule has 0 bridgehead atoms. The van der Waals surface area contributed by atoms with E-state index in [1.807, 2.05) is 42.5 Å². The zero-order valence-electron chi connectivity index (χ0n) is 29.6. The van der Waals surface area contributed by atoms with Crippen LogP contribution in [0.3, 0.4) is 0 Å². The minimum absolute atomic E-state index is 0.474. The molecule has 0 amide bonds. The third kappa shape index (κ3) is 6.31. The lowest BCUT2D eigenvalue weighted by molar-refractivity contribution is 0.670. The second-order valence-corrected chi connectivity index (χ2v) is 13.2. The van der Waals surface area contributed by atoms with E-state index in [1.54, 1.807) is 0 Å². The molecule has 0 aliphatic heterocycles. The summed E-state index contributed by atoms with van der Waals surface area (Å²) in [5, 5.41) is 4.39. The Kier molecular flexibility index (Phi) is 8.76. The normalized spacial score (nSPS) is 12.1. The van der Waals surface area contributed by atoms with Gasteiger partial charge in [0.15, 0.2) is 11.7 Å². The molecule has 0 fully saturated rings. The number of rotatable bonds is 7. The summed E-state index contributed by atoms with van der Waals surface area (Å²) in [5.41, 5.74) is 11.1. The number of benzene rings is 8. The van der Waals surface area contributed by atoms with E-state index in [2.05, 4.69) is 157 Å². The highest BCUT2D eigenvalue weighted by Crippen LogP contribution is 2.39. The van der Waals surface area contributed by atoms with Crippen LogP contribution in [0.4, 0.5) is 0 Å². The first-order valence-corrected chi connectivity index (χ1v) is 18.1. The summed E-state index contributed by atoms with van der Waals surface area (Å²) in [5.74, 6) is 1.05. The standard InChI is InChI=1S/C50H35N3O/c1-51-50(53-49(52-33-34-13-4-2-5-14-34)40-29-23-36(24-30-40)35-15-6-3-7-16-35)45-32-31-43(48-47(45)44-20-10-11-22-46(44)54-48)39-27-25-38(26-28-39)42-21-12-18-37-17-8-9-19-41(37)42/h2-32H,1,33H2/b52-49-,53-50-. The van der Waals surface area contributed by atoms with Crippen molar-refractivity contribution in [3.8, 4) is 33.4 Å². The van der Waals surface area contributed by atoms with Crippen molar-refractivity contribution in [2.75, 3.05) is 0 Å². The van der Waals surface area contributed by atoms with Gasteiger partial charge in [-0.25, -0.2) is 9.98 Å². The summed E-state index contributed by atoms with van der Waals surface area (Å²) in [4.78, 5) is 14.7. The Morgan fingerprint density at radius 1 is 0.481 bits per heavy atom. The Hall–Kier alpha value is -7.17. The number of amidine groups is 2. The van der Waals surface area contributed by atoms with Gasteiger partial charge in [0, 0.05) is 27.5 Å². The summed E-state index contributed by atoms with van der Waals surface area (Å²) < 4.78 is 6.65. The average molecular weight is 694 g/mol. The fourth-order valence-corrected chi connectivity index (χ4v) is 7.21. The summed E-state index contributed by atoms with van der Waals surface area (Å²) in [6.45, 7) is 4.48. The van der Waals surface area contributed by atoms with Crippen LogP contribution < -0.4 is 0 Å². The lowest BCUT2D eigenvalue weighted by atomic mass is 9.94. The highest BCUT2D eigenvalue weighted by Gasteiger charge is 2.20. The lowest BCUT2D eigenvalue weighted by Crippen LogP contribution is -2.06. The molecule has 256 valence electrons. The van der Waals surface area contributed by atoms with Crippen LogP contribution in [-0.2, 0) is 6.54 Å². The van der Waals surface area contributed by atoms with Crippen molar-refractivity contribution in [2.45, 2.75) is 6.54 Å². The molecular formula is C50H35N3O. The Morgan fingerprint density at radius 2 is 1.09 bits per heavy atom. The largest absolute Gasteiger partial charge is 0.455 e. The molecule has 0 saturated heterocycles. The third-order valence-corrected chi connectivity index (χ3v) is 9.93. The van der Waals surface area contributed by atoms with Crippen molar-refractivity contribution >= 4 is 51.1 Å². The third-order valence-electron chi connectivity index (χ3n) is 9.93. The molecule has 0 spiro atoms. The summed E-state index contributed by atoms with van der Waals surface area (Å²) in [7, 11) is 0. The number of furan rings is 1. The molecule has 0 aliphatic carbocycles. The highest BCUT2D eigenvalue weighted by molar-refractivity contribution is 6.23. The van der Waals surface area contributed by atoms with E-state index in [4.69, 9.17) is 14.4 Å². The highest BCUT2D eigenvalue weighted by atomic mass is 16.3. The minimum atomic E-state index is 0.474. The lowest BCUT2D eigenvalue weighted by Gasteiger charge is -2.11. The van der Waals surface area contributed by atoms with Crippen molar-refractivity contribution in [2.24, 2.45) is 15.0 Å². The molecule has 4 heteroatoms. The predicted molar refractivity (Wildman–Crippen MR) is 227 cm³/mol. The van der Waals surface area contributed by atoms with Crippen LogP contribution in [0.5, 0.6) is 0 Å². The van der Waals surface area contributed by atoms with Crippen LogP contribution in [0.1, 0.15) is 16.7 Å². The van der Waals surface area contributed by atoms with Gasteiger partial charge in [-0.3, -0.25) is 4.99 Å². The van der Waals surface area contributed by atoms with Crippen LogP contribution >= 0.6 is 0 Å². The van der Waals surface area contributed by atoms with E-state index in [-0.39, 0.29) is 0 Å². The van der Waals surface area contributed by atoms with Crippen LogP contribution in [0.25, 0.3) is 66.1 Å². The zero-order chi connectivity index (χ0) is 36.3. The maximum atomic E-state index is 6.65. The fraction of sp³-hybridized carbons (Fsp3) is 0.0200. The second kappa shape index (κ2) is 14.5. The van der Waals surface area contributed by atoms with Gasteiger partial charge in [0.25, 0.3) is 0 Å². The molecule has 0 radical (unpaired) electrons. The van der Waals surface area contributed by atoms with Gasteiger partial charge in [-0.05, 0) is 69.1 Å². The Balaban J connectivity index is 1.15. The average Bonchev–Trinajstić information content (AvgIpc) is 3.64. The number of nitrogens with zero attached hydrogens (tertiary/aromatic N) is 3. The van der Waals surface area contributed by atoms with E-state index < -0.39 is 0 Å². The molecule has 4 nitrogen and oxygen atoms in total. The van der Waals surface area contributed by atoms with E-state index in [1.165, 1.54) is 16.3 Å². The van der Waals surface area contributed by atoms with Gasteiger partial charge < -0.3 is 4.42 Å². The first-order chi connectivity index (χ1) is 26.7. The number of hydrogen-bond acceptors (Lipinski definition) is 2. The SMILES string of the molecule is C=N/C(=N\C(=N/Cc1ccccc1)c1ccc(-c2ccccc2)cc1)c1ccc(-c2ccc(-c3cccc4ccccc34)cc2)c2oc3ccccc3c12. The van der Waals surface area contributed by atoms with Gasteiger partial charge in [0.2, 0.25) is 0 Å². The summed E-state index contributed by atoms with van der Waals surface area (Å²) >= 11 is 0. The molecule has 1 heterocycles. The molecule has 54 heavy (non-hydrogen) atoms. The number of aliphatic imine (C=N–C) groups is 3. The Bertz CT molecular complexity index is 2830. The number of para-hydroxylation sites is 1. The minimum Gasteiger partial charge on any atom is -0.455 e. The summed E-state index contributed by atoms with van der Waals surface area (Å²) in [6.07, 6.45) is 0. The first-order valence-electron chi connectivity index (χ1n) is 18.1. The van der Waals surface area contributed by atoms with Gasteiger partial charge in [-0.1, -0.05) is 170 Å². The Labute approximate surface area is 314 Å². The van der Waals surface area contributed by atoms with Gasteiger partial charge >= 0.3 is 0 Å². The van der Waals surface area contributed by atoms with Crippen LogP contribution in [0.15, 0.2) is 207 Å². The van der Waals surface area contributed by atoms with Crippen molar-refractivity contribution in [1.82, 2.24) is 0 Å². The monoisotopic (exact) mass is 693 g/mol. The second-order valence-electron chi connectivity index (χ2n) is 13.2. The summed E-state index contributed by atoms with van der Waals surface area (Å²) in [6, 6.07) is 64.9. The first kappa shape index (κ1) is 32.7. The molecule has 8 aromatic carbocycles. The van der Waals surface area contributed by atoms with Gasteiger partial charge in [-0.15, -0.1) is 0 Å². The van der Waals surface area contributed by atoms with E-state index in [0.717, 1.165) is 66.4 Å². The molecule has 9 rings (SSSR count). The predicted octanol–water partition coefficient (Wildman–Crippen LogP) is 12.8. The van der Waals surface area contributed by atoms with Crippen LogP contribution in [0.2, 0.25) is 0 Å². The van der Waals surface area contributed by atoms with Crippen LogP contribution in [0, 0.1) is 0 Å². The maximum absolute atomic E-state index is 6.65. The molecule has 0 saturated carbocycles. The zero-order valence-corrected chi connectivity index (χ0v) is 29.6. The fourth-order valence-electron chi connectivity index (χ4n) is 7.21. The number of hydrogen-bond donors (Lipinski definition) is 0. The maximum Gasteiger partial charge on any atom is 0.161 e. The Morgan fingerprint density at radius 3 is 1.85 bits per heavy atom. The molecular weight excluding hydrogens is 659 g/mol. The molecule has 0 unspecified atom stereocenters. The topological polar surface area (TPSA) is 50.2 Å². The van der Waals surface area contributed by atoms with Crippen molar-refractivity contribution in [1.29, 1.82) is 0 Å². The molecule has 1 aromatic heterocycles.